The maximum Gasteiger partial charge on any atom is 0.168 e. The number of rotatable bonds is 2. The Morgan fingerprint density at radius 2 is 2.00 bits per heavy atom. The van der Waals surface area contributed by atoms with E-state index in [-0.39, 0.29) is 0 Å². The van der Waals surface area contributed by atoms with Gasteiger partial charge in [0.15, 0.2) is 12.3 Å². The van der Waals surface area contributed by atoms with Crippen LogP contribution in [0.4, 0.5) is 0 Å². The minimum atomic E-state index is -0.909. The van der Waals surface area contributed by atoms with Crippen LogP contribution in [0, 0.1) is 0 Å². The van der Waals surface area contributed by atoms with Gasteiger partial charge in [-0.3, -0.25) is 0 Å². The highest BCUT2D eigenvalue weighted by molar-refractivity contribution is 6.75. The van der Waals surface area contributed by atoms with Gasteiger partial charge >= 0.3 is 0 Å². The fourth-order valence-electron chi connectivity index (χ4n) is 1.31. The Labute approximate surface area is 70.4 Å². The molecule has 0 aliphatic carbocycles. The van der Waals surface area contributed by atoms with Crippen molar-refractivity contribution < 1.29 is 4.58 Å². The van der Waals surface area contributed by atoms with Crippen LogP contribution in [-0.2, 0) is 0 Å². The van der Waals surface area contributed by atoms with Gasteiger partial charge in [0.25, 0.3) is 0 Å². The molecule has 1 unspecified atom stereocenters. The summed E-state index contributed by atoms with van der Waals surface area (Å²) in [6.45, 7) is 9.48. The Morgan fingerprint density at radius 1 is 1.36 bits per heavy atom. The number of hydrogen-bond acceptors (Lipinski definition) is 0. The molecule has 0 N–H and O–H groups in total. The summed E-state index contributed by atoms with van der Waals surface area (Å²) in [6.07, 6.45) is 7.90. The first-order chi connectivity index (χ1) is 4.99. The zero-order valence-electron chi connectivity index (χ0n) is 7.96. The minimum absolute atomic E-state index is 0.627. The van der Waals surface area contributed by atoms with Gasteiger partial charge < -0.3 is 0 Å². The average Bonchev–Trinajstić information content (AvgIpc) is 2.12. The fourth-order valence-corrected chi connectivity index (χ4v) is 2.80. The molecule has 0 radical (unpaired) electrons. The highest BCUT2D eigenvalue weighted by atomic mass is 28.3. The summed E-state index contributed by atoms with van der Waals surface area (Å²) in [5.74, 6) is 0. The van der Waals surface area contributed by atoms with E-state index >= 15 is 0 Å². The van der Waals surface area contributed by atoms with Gasteiger partial charge in [-0.2, -0.15) is 0 Å². The van der Waals surface area contributed by atoms with Crippen LogP contribution in [0.25, 0.3) is 0 Å². The van der Waals surface area contributed by atoms with Crippen molar-refractivity contribution in [1.29, 1.82) is 0 Å². The first kappa shape index (κ1) is 8.72. The Morgan fingerprint density at radius 3 is 2.36 bits per heavy atom. The molecule has 1 aliphatic rings. The lowest BCUT2D eigenvalue weighted by Crippen LogP contribution is -2.37. The zero-order valence-corrected chi connectivity index (χ0v) is 8.96. The van der Waals surface area contributed by atoms with E-state index in [9.17, 15) is 0 Å². The quantitative estimate of drug-likeness (QED) is 0.438. The predicted molar refractivity (Wildman–Crippen MR) is 53.1 cm³/mol. The molecule has 1 nitrogen and oxygen atoms in total. The molecular formula is C9H18NSi+. The molecule has 62 valence electrons. The predicted octanol–water partition coefficient (Wildman–Crippen LogP) is 1.91. The molecule has 0 spiro atoms. The molecule has 1 heterocycles. The summed E-state index contributed by atoms with van der Waals surface area (Å²) in [6, 6.07) is 0.627. The summed E-state index contributed by atoms with van der Waals surface area (Å²) in [7, 11) is -0.909. The second-order valence-electron chi connectivity index (χ2n) is 4.51. The maximum atomic E-state index is 2.44. The van der Waals surface area contributed by atoms with E-state index in [0.29, 0.717) is 6.04 Å². The van der Waals surface area contributed by atoms with Crippen LogP contribution in [0.2, 0.25) is 19.6 Å². The highest BCUT2D eigenvalue weighted by Gasteiger charge is 2.25. The second kappa shape index (κ2) is 2.93. The van der Waals surface area contributed by atoms with Crippen molar-refractivity contribution in [1.82, 2.24) is 0 Å². The maximum absolute atomic E-state index is 2.44. The Bertz CT molecular complexity index is 198. The summed E-state index contributed by atoms with van der Waals surface area (Å²) in [5.41, 5.74) is 0. The first-order valence-corrected chi connectivity index (χ1v) is 7.97. The molecule has 0 aromatic heterocycles. The van der Waals surface area contributed by atoms with Gasteiger partial charge in [0.2, 0.25) is 0 Å². The van der Waals surface area contributed by atoms with Gasteiger partial charge in [-0.05, 0) is 6.08 Å². The van der Waals surface area contributed by atoms with Crippen molar-refractivity contribution in [2.24, 2.45) is 0 Å². The first-order valence-electron chi connectivity index (χ1n) is 4.26. The lowest BCUT2D eigenvalue weighted by molar-refractivity contribution is -0.527. The summed E-state index contributed by atoms with van der Waals surface area (Å²) in [4.78, 5) is 0. The van der Waals surface area contributed by atoms with Crippen molar-refractivity contribution >= 4 is 14.3 Å². The molecule has 0 saturated carbocycles. The Balaban J connectivity index is 2.53. The number of allylic oxidation sites excluding steroid dienone is 1. The Kier molecular flexibility index (Phi) is 2.33. The topological polar surface area (TPSA) is 3.01 Å². The zero-order chi connectivity index (χ0) is 8.48. The smallest absolute Gasteiger partial charge is 0.168 e. The molecule has 0 aromatic rings. The molecule has 11 heavy (non-hydrogen) atoms. The van der Waals surface area contributed by atoms with Crippen LogP contribution < -0.4 is 0 Å². The molecule has 2 heteroatoms. The molecule has 0 fully saturated rings. The van der Waals surface area contributed by atoms with Crippen LogP contribution in [0.1, 0.15) is 6.92 Å². The SMILES string of the molecule is CC1C=CC=[N+]1C[Si](C)(C)C. The highest BCUT2D eigenvalue weighted by Crippen LogP contribution is 2.06. The summed E-state index contributed by atoms with van der Waals surface area (Å²) >= 11 is 0. The Hall–Kier alpha value is -0.373. The molecule has 0 aromatic carbocycles. The van der Waals surface area contributed by atoms with Crippen LogP contribution in [0.3, 0.4) is 0 Å². The fraction of sp³-hybridized carbons (Fsp3) is 0.667. The van der Waals surface area contributed by atoms with E-state index in [1.54, 1.807) is 0 Å². The molecule has 1 rings (SSSR count). The van der Waals surface area contributed by atoms with Crippen LogP contribution in [0.15, 0.2) is 12.2 Å². The molecule has 0 saturated heterocycles. The van der Waals surface area contributed by atoms with Crippen LogP contribution in [0.5, 0.6) is 0 Å². The van der Waals surface area contributed by atoms with Gasteiger partial charge in [-0.15, -0.1) is 0 Å². The lowest BCUT2D eigenvalue weighted by atomic mass is 10.3. The van der Waals surface area contributed by atoms with Gasteiger partial charge in [0.1, 0.15) is 14.2 Å². The van der Waals surface area contributed by atoms with Gasteiger partial charge in [0, 0.05) is 13.0 Å². The van der Waals surface area contributed by atoms with E-state index in [0.717, 1.165) is 0 Å². The van der Waals surface area contributed by atoms with E-state index in [4.69, 9.17) is 0 Å². The normalized spacial score (nSPS) is 24.0. The van der Waals surface area contributed by atoms with Gasteiger partial charge in [0.05, 0.1) is 0 Å². The summed E-state index contributed by atoms with van der Waals surface area (Å²) in [5, 5.41) is 0. The van der Waals surface area contributed by atoms with Crippen molar-refractivity contribution in [3.8, 4) is 0 Å². The van der Waals surface area contributed by atoms with E-state index < -0.39 is 8.07 Å². The van der Waals surface area contributed by atoms with Crippen LogP contribution >= 0.6 is 0 Å². The summed E-state index contributed by atoms with van der Waals surface area (Å²) < 4.78 is 2.44. The van der Waals surface area contributed by atoms with Crippen molar-refractivity contribution in [2.75, 3.05) is 6.17 Å². The van der Waals surface area contributed by atoms with Crippen molar-refractivity contribution in [3.63, 3.8) is 0 Å². The molecular weight excluding hydrogens is 150 g/mol. The monoisotopic (exact) mass is 168 g/mol. The van der Waals surface area contributed by atoms with Crippen LogP contribution in [-0.4, -0.2) is 31.1 Å². The molecule has 0 amide bonds. The molecule has 1 atom stereocenters. The van der Waals surface area contributed by atoms with Crippen molar-refractivity contribution in [3.05, 3.63) is 12.2 Å². The van der Waals surface area contributed by atoms with E-state index in [2.05, 4.69) is 49.5 Å². The third kappa shape index (κ3) is 2.62. The average molecular weight is 168 g/mol. The molecule has 0 bridgehead atoms. The van der Waals surface area contributed by atoms with E-state index in [1.165, 1.54) is 6.17 Å². The third-order valence-electron chi connectivity index (χ3n) is 1.85. The third-order valence-corrected chi connectivity index (χ3v) is 3.16. The van der Waals surface area contributed by atoms with Gasteiger partial charge in [-0.1, -0.05) is 19.6 Å². The van der Waals surface area contributed by atoms with Crippen molar-refractivity contribution in [2.45, 2.75) is 32.6 Å². The van der Waals surface area contributed by atoms with Gasteiger partial charge in [-0.25, -0.2) is 4.58 Å². The minimum Gasteiger partial charge on any atom is -0.234 e. The lowest BCUT2D eigenvalue weighted by Gasteiger charge is -2.14. The second-order valence-corrected chi connectivity index (χ2v) is 9.95. The largest absolute Gasteiger partial charge is 0.234 e. The van der Waals surface area contributed by atoms with E-state index in [1.807, 2.05) is 0 Å². The molecule has 1 aliphatic heterocycles. The number of hydrogen-bond donors (Lipinski definition) is 0. The standard InChI is InChI=1S/C9H18NSi/c1-9-6-5-7-10(9)8-11(2,3)4/h5-7,9H,8H2,1-4H3/q+1. The number of nitrogens with zero attached hydrogens (tertiary/aromatic N) is 1.